The standard InChI is InChI=1S/C18H31N3O2/c1-5-7-8-9-10-13-21(4)17(19-6-2)20-15-18(3,22)16-12-11-14-23-16/h5,11-12,14,22H,1,6-10,13,15H2,2-4H3,(H,19,20). The van der Waals surface area contributed by atoms with Gasteiger partial charge in [-0.1, -0.05) is 12.5 Å². The summed E-state index contributed by atoms with van der Waals surface area (Å²) in [5.41, 5.74) is -1.10. The molecular weight excluding hydrogens is 290 g/mol. The van der Waals surface area contributed by atoms with E-state index >= 15 is 0 Å². The monoisotopic (exact) mass is 321 g/mol. The number of furan rings is 1. The highest BCUT2D eigenvalue weighted by Gasteiger charge is 2.26. The lowest BCUT2D eigenvalue weighted by atomic mass is 10.0. The minimum Gasteiger partial charge on any atom is -0.466 e. The first-order valence-electron chi connectivity index (χ1n) is 8.38. The average molecular weight is 321 g/mol. The van der Waals surface area contributed by atoms with Crippen LogP contribution in [0.15, 0.2) is 40.5 Å². The van der Waals surface area contributed by atoms with Crippen LogP contribution in [0, 0.1) is 0 Å². The van der Waals surface area contributed by atoms with Gasteiger partial charge in [-0.05, 0) is 45.2 Å². The summed E-state index contributed by atoms with van der Waals surface area (Å²) < 4.78 is 5.29. The largest absolute Gasteiger partial charge is 0.466 e. The zero-order valence-corrected chi connectivity index (χ0v) is 14.7. The molecule has 1 rings (SSSR count). The third kappa shape index (κ3) is 6.91. The molecule has 0 amide bonds. The minimum absolute atomic E-state index is 0.254. The van der Waals surface area contributed by atoms with E-state index in [9.17, 15) is 5.11 Å². The molecule has 130 valence electrons. The highest BCUT2D eigenvalue weighted by atomic mass is 16.4. The summed E-state index contributed by atoms with van der Waals surface area (Å²) in [6, 6.07) is 3.54. The molecule has 0 aliphatic rings. The molecule has 0 spiro atoms. The number of hydrogen-bond donors (Lipinski definition) is 2. The SMILES string of the molecule is C=CCCCCCN(C)C(=NCC(C)(O)c1ccco1)NCC. The summed E-state index contributed by atoms with van der Waals surface area (Å²) in [5, 5.41) is 13.8. The van der Waals surface area contributed by atoms with Crippen molar-refractivity contribution in [3.63, 3.8) is 0 Å². The molecule has 2 N–H and O–H groups in total. The topological polar surface area (TPSA) is 61.0 Å². The molecule has 1 unspecified atom stereocenters. The van der Waals surface area contributed by atoms with E-state index in [0.717, 1.165) is 31.9 Å². The van der Waals surface area contributed by atoms with Crippen molar-refractivity contribution in [1.29, 1.82) is 0 Å². The molecule has 1 aromatic rings. The summed E-state index contributed by atoms with van der Waals surface area (Å²) in [4.78, 5) is 6.67. The molecule has 0 aromatic carbocycles. The molecule has 0 fully saturated rings. The van der Waals surface area contributed by atoms with Gasteiger partial charge < -0.3 is 19.7 Å². The van der Waals surface area contributed by atoms with Gasteiger partial charge in [0.05, 0.1) is 12.8 Å². The Kier molecular flexibility index (Phi) is 8.48. The summed E-state index contributed by atoms with van der Waals surface area (Å²) in [6.45, 7) is 9.48. The number of aliphatic hydroxyl groups is 1. The van der Waals surface area contributed by atoms with Crippen LogP contribution in [0.4, 0.5) is 0 Å². The number of allylic oxidation sites excluding steroid dienone is 1. The van der Waals surface area contributed by atoms with Crippen LogP contribution < -0.4 is 5.32 Å². The van der Waals surface area contributed by atoms with Crippen molar-refractivity contribution in [2.75, 3.05) is 26.7 Å². The quantitative estimate of drug-likeness (QED) is 0.301. The average Bonchev–Trinajstić information content (AvgIpc) is 3.06. The molecule has 0 aliphatic heterocycles. The van der Waals surface area contributed by atoms with Gasteiger partial charge in [0, 0.05) is 20.1 Å². The van der Waals surface area contributed by atoms with Gasteiger partial charge >= 0.3 is 0 Å². The zero-order chi connectivity index (χ0) is 17.1. The number of hydrogen-bond acceptors (Lipinski definition) is 3. The fourth-order valence-corrected chi connectivity index (χ4v) is 2.28. The summed E-state index contributed by atoms with van der Waals surface area (Å²) in [5.74, 6) is 1.34. The van der Waals surface area contributed by atoms with Gasteiger partial charge in [0.1, 0.15) is 11.4 Å². The van der Waals surface area contributed by atoms with Gasteiger partial charge in [0.2, 0.25) is 0 Å². The van der Waals surface area contributed by atoms with Gasteiger partial charge in [-0.2, -0.15) is 0 Å². The first-order chi connectivity index (χ1) is 11.0. The van der Waals surface area contributed by atoms with E-state index in [2.05, 4.69) is 21.8 Å². The lowest BCUT2D eigenvalue weighted by Crippen LogP contribution is -2.40. The molecule has 0 saturated heterocycles. The van der Waals surface area contributed by atoms with Gasteiger partial charge in [-0.15, -0.1) is 6.58 Å². The van der Waals surface area contributed by atoms with Crippen molar-refractivity contribution in [2.24, 2.45) is 4.99 Å². The van der Waals surface area contributed by atoms with Crippen LogP contribution in [0.25, 0.3) is 0 Å². The molecule has 5 nitrogen and oxygen atoms in total. The molecular formula is C18H31N3O2. The molecule has 0 aliphatic carbocycles. The molecule has 5 heteroatoms. The van der Waals surface area contributed by atoms with E-state index in [1.807, 2.05) is 20.0 Å². The van der Waals surface area contributed by atoms with Gasteiger partial charge in [0.15, 0.2) is 5.96 Å². The van der Waals surface area contributed by atoms with E-state index in [1.54, 1.807) is 25.3 Å². The number of unbranched alkanes of at least 4 members (excludes halogenated alkanes) is 3. The van der Waals surface area contributed by atoms with E-state index in [1.165, 1.54) is 12.8 Å². The molecule has 1 heterocycles. The molecule has 0 bridgehead atoms. The van der Waals surface area contributed by atoms with E-state index < -0.39 is 5.60 Å². The fraction of sp³-hybridized carbons (Fsp3) is 0.611. The van der Waals surface area contributed by atoms with Crippen LogP contribution in [-0.2, 0) is 5.60 Å². The highest BCUT2D eigenvalue weighted by molar-refractivity contribution is 5.79. The summed E-state index contributed by atoms with van der Waals surface area (Å²) in [6.07, 6.45) is 8.07. The second-order valence-electron chi connectivity index (χ2n) is 5.98. The minimum atomic E-state index is -1.10. The van der Waals surface area contributed by atoms with E-state index in [4.69, 9.17) is 4.42 Å². The van der Waals surface area contributed by atoms with Crippen LogP contribution in [-0.4, -0.2) is 42.6 Å². The van der Waals surface area contributed by atoms with E-state index in [0.29, 0.717) is 5.76 Å². The molecule has 1 atom stereocenters. The fourth-order valence-electron chi connectivity index (χ4n) is 2.28. The van der Waals surface area contributed by atoms with Gasteiger partial charge in [-0.25, -0.2) is 4.99 Å². The van der Waals surface area contributed by atoms with Crippen molar-refractivity contribution in [3.05, 3.63) is 36.8 Å². The molecule has 1 aromatic heterocycles. The third-order valence-corrected chi connectivity index (χ3v) is 3.69. The number of guanidine groups is 1. The summed E-state index contributed by atoms with van der Waals surface area (Å²) in [7, 11) is 2.02. The predicted octanol–water partition coefficient (Wildman–Crippen LogP) is 3.13. The first-order valence-corrected chi connectivity index (χ1v) is 8.38. The Labute approximate surface area is 140 Å². The zero-order valence-electron chi connectivity index (χ0n) is 14.7. The second-order valence-corrected chi connectivity index (χ2v) is 5.98. The number of nitrogens with zero attached hydrogens (tertiary/aromatic N) is 2. The molecule has 0 saturated carbocycles. The Balaban J connectivity index is 2.56. The highest BCUT2D eigenvalue weighted by Crippen LogP contribution is 2.21. The Morgan fingerprint density at radius 1 is 1.48 bits per heavy atom. The summed E-state index contributed by atoms with van der Waals surface area (Å²) >= 11 is 0. The normalized spacial score (nSPS) is 14.3. The number of aliphatic imine (C=N–C) groups is 1. The smallest absolute Gasteiger partial charge is 0.193 e. The van der Waals surface area contributed by atoms with Gasteiger partial charge in [0.25, 0.3) is 0 Å². The third-order valence-electron chi connectivity index (χ3n) is 3.69. The second kappa shape index (κ2) is 10.1. The van der Waals surface area contributed by atoms with Gasteiger partial charge in [-0.3, -0.25) is 0 Å². The van der Waals surface area contributed by atoms with Crippen molar-refractivity contribution in [1.82, 2.24) is 10.2 Å². The Hall–Kier alpha value is -1.75. The Morgan fingerprint density at radius 2 is 2.26 bits per heavy atom. The van der Waals surface area contributed by atoms with Crippen molar-refractivity contribution < 1.29 is 9.52 Å². The Bertz CT molecular complexity index is 467. The lowest BCUT2D eigenvalue weighted by Gasteiger charge is -2.24. The lowest BCUT2D eigenvalue weighted by molar-refractivity contribution is 0.0435. The first kappa shape index (κ1) is 19.3. The van der Waals surface area contributed by atoms with E-state index in [-0.39, 0.29) is 6.54 Å². The molecule has 0 radical (unpaired) electrons. The van der Waals surface area contributed by atoms with Crippen molar-refractivity contribution >= 4 is 5.96 Å². The maximum Gasteiger partial charge on any atom is 0.193 e. The molecule has 23 heavy (non-hydrogen) atoms. The maximum absolute atomic E-state index is 10.5. The van der Waals surface area contributed by atoms with Crippen LogP contribution in [0.3, 0.4) is 0 Å². The van der Waals surface area contributed by atoms with Crippen LogP contribution in [0.5, 0.6) is 0 Å². The maximum atomic E-state index is 10.5. The van der Waals surface area contributed by atoms with Crippen molar-refractivity contribution in [2.45, 2.75) is 45.1 Å². The van der Waals surface area contributed by atoms with Crippen LogP contribution in [0.1, 0.15) is 45.3 Å². The van der Waals surface area contributed by atoms with Crippen molar-refractivity contribution in [3.8, 4) is 0 Å². The van der Waals surface area contributed by atoms with Crippen LogP contribution >= 0.6 is 0 Å². The Morgan fingerprint density at radius 3 is 2.87 bits per heavy atom. The predicted molar refractivity (Wildman–Crippen MR) is 95.6 cm³/mol. The number of nitrogens with one attached hydrogen (secondary N) is 1. The number of rotatable bonds is 10. The van der Waals surface area contributed by atoms with Crippen LogP contribution in [0.2, 0.25) is 0 Å².